The second kappa shape index (κ2) is 17.2. The maximum atomic E-state index is 14.6. The van der Waals surface area contributed by atoms with Crippen LogP contribution in [-0.4, -0.2) is 80.5 Å². The number of aromatic nitrogens is 3. The SMILES string of the molecule is Nc1ccc2cc(S(=O)(=O)O)ccc2c1N=Nc1cc(Nc2nc(F)nc(Nc3ccc(C(=O)Nc4ccc(S(=O)(=O)CCOS(=O)(=O)O)cc4)cc3)n2)ccc1S(=O)(=O)O. The molecule has 0 saturated carbocycles. The van der Waals surface area contributed by atoms with E-state index in [9.17, 15) is 52.0 Å². The first kappa shape index (κ1) is 44.0. The highest BCUT2D eigenvalue weighted by atomic mass is 32.3. The number of nitrogens with two attached hydrogens (primary N) is 1. The van der Waals surface area contributed by atoms with Gasteiger partial charge in [0.1, 0.15) is 16.3 Å². The van der Waals surface area contributed by atoms with Crippen LogP contribution in [-0.2, 0) is 44.7 Å². The lowest BCUT2D eigenvalue weighted by Gasteiger charge is -2.11. The quantitative estimate of drug-likeness (QED) is 0.0405. The standard InChI is InChI=1S/C34H28FN9O13S4/c35-32-40-33(38-22-4-1-19(2-5-22)31(45)37-21-6-9-24(10-7-21)58(46,47)16-15-57-61(54,55)56)42-34(41-32)39-23-8-14-29(60(51,52)53)28(18-23)43-44-30-26-12-11-25(59(48,49)50)17-20(26)3-13-27(30)36/h1-14,17-18H,15-16,36H2,(H,37,45)(H,48,49,50)(H,51,52,53)(H,54,55,56)(H2,38,39,40,41,42). The molecule has 0 radical (unpaired) electrons. The third kappa shape index (κ3) is 11.4. The largest absolute Gasteiger partial charge is 0.397 e. The van der Waals surface area contributed by atoms with Crippen LogP contribution in [0.3, 0.4) is 0 Å². The van der Waals surface area contributed by atoms with Crippen molar-refractivity contribution in [2.24, 2.45) is 10.2 Å². The Kier molecular flexibility index (Phi) is 12.4. The molecule has 1 aromatic heterocycles. The summed E-state index contributed by atoms with van der Waals surface area (Å²) in [6, 6.07) is 20.3. The van der Waals surface area contributed by atoms with Gasteiger partial charge in [-0.05, 0) is 90.3 Å². The van der Waals surface area contributed by atoms with Crippen molar-refractivity contribution in [1.29, 1.82) is 0 Å². The van der Waals surface area contributed by atoms with Gasteiger partial charge >= 0.3 is 16.5 Å². The molecule has 0 fully saturated rings. The first-order valence-corrected chi connectivity index (χ1v) is 22.6. The molecule has 6 aromatic rings. The minimum Gasteiger partial charge on any atom is -0.397 e. The van der Waals surface area contributed by atoms with E-state index >= 15 is 0 Å². The van der Waals surface area contributed by atoms with Gasteiger partial charge in [-0.1, -0.05) is 12.1 Å². The Morgan fingerprint density at radius 2 is 1.30 bits per heavy atom. The number of sulfone groups is 1. The Balaban J connectivity index is 1.15. The molecule has 0 aliphatic carbocycles. The molecule has 27 heteroatoms. The van der Waals surface area contributed by atoms with Crippen LogP contribution in [0.2, 0.25) is 0 Å². The van der Waals surface area contributed by atoms with E-state index in [2.05, 4.69) is 45.3 Å². The van der Waals surface area contributed by atoms with Gasteiger partial charge in [0.2, 0.25) is 11.9 Å². The number of anilines is 6. The maximum absolute atomic E-state index is 14.6. The number of carbonyl (C=O) groups is 1. The van der Waals surface area contributed by atoms with Crippen molar-refractivity contribution >= 4 is 103 Å². The van der Waals surface area contributed by atoms with Gasteiger partial charge in [0.25, 0.3) is 26.1 Å². The van der Waals surface area contributed by atoms with Gasteiger partial charge in [-0.3, -0.25) is 18.5 Å². The van der Waals surface area contributed by atoms with Crippen molar-refractivity contribution in [3.05, 3.63) is 109 Å². The monoisotopic (exact) mass is 917 g/mol. The zero-order valence-electron chi connectivity index (χ0n) is 30.4. The second-order valence-corrected chi connectivity index (χ2v) is 18.4. The first-order valence-electron chi connectivity index (χ1n) is 16.7. The normalized spacial score (nSPS) is 12.4. The average Bonchev–Trinajstić information content (AvgIpc) is 3.16. The van der Waals surface area contributed by atoms with Crippen LogP contribution in [0.5, 0.6) is 0 Å². The summed E-state index contributed by atoms with van der Waals surface area (Å²) in [5.74, 6) is -2.00. The minimum absolute atomic E-state index is 0.00341. The van der Waals surface area contributed by atoms with Crippen LogP contribution in [0.4, 0.5) is 50.4 Å². The number of amides is 1. The molecule has 6 rings (SSSR count). The highest BCUT2D eigenvalue weighted by Gasteiger charge is 2.20. The first-order chi connectivity index (χ1) is 28.5. The summed E-state index contributed by atoms with van der Waals surface area (Å²) in [4.78, 5) is 22.9. The molecule has 5 aromatic carbocycles. The topological polar surface area (TPSA) is 349 Å². The number of rotatable bonds is 15. The maximum Gasteiger partial charge on any atom is 0.397 e. The predicted molar refractivity (Wildman–Crippen MR) is 215 cm³/mol. The molecular formula is C34H28FN9O13S4. The third-order valence-corrected chi connectivity index (χ3v) is 12.0. The van der Waals surface area contributed by atoms with Gasteiger partial charge in [-0.25, -0.2) is 12.6 Å². The molecular weight excluding hydrogens is 890 g/mol. The lowest BCUT2D eigenvalue weighted by Crippen LogP contribution is -2.16. The van der Waals surface area contributed by atoms with Crippen LogP contribution in [0.15, 0.2) is 122 Å². The van der Waals surface area contributed by atoms with E-state index in [0.29, 0.717) is 5.69 Å². The van der Waals surface area contributed by atoms with Crippen LogP contribution in [0.1, 0.15) is 10.4 Å². The van der Waals surface area contributed by atoms with Gasteiger partial charge in [-0.2, -0.15) is 44.6 Å². The van der Waals surface area contributed by atoms with Gasteiger partial charge < -0.3 is 21.7 Å². The fourth-order valence-electron chi connectivity index (χ4n) is 5.32. The lowest BCUT2D eigenvalue weighted by molar-refractivity contribution is 0.102. The molecule has 1 heterocycles. The molecule has 0 aliphatic heterocycles. The molecule has 8 N–H and O–H groups in total. The molecule has 1 amide bonds. The van der Waals surface area contributed by atoms with Crippen LogP contribution < -0.4 is 21.7 Å². The molecule has 0 atom stereocenters. The van der Waals surface area contributed by atoms with Gasteiger partial charge in [0.05, 0.1) is 27.8 Å². The highest BCUT2D eigenvalue weighted by molar-refractivity contribution is 7.91. The van der Waals surface area contributed by atoms with E-state index < -0.39 is 80.3 Å². The Morgan fingerprint density at radius 1 is 0.689 bits per heavy atom. The summed E-state index contributed by atoms with van der Waals surface area (Å²) < 4.78 is 140. The van der Waals surface area contributed by atoms with E-state index in [-0.39, 0.29) is 55.9 Å². The summed E-state index contributed by atoms with van der Waals surface area (Å²) >= 11 is 0. The predicted octanol–water partition coefficient (Wildman–Crippen LogP) is 4.99. The molecule has 0 saturated heterocycles. The summed E-state index contributed by atoms with van der Waals surface area (Å²) in [5.41, 5.74) is 6.43. The molecule has 61 heavy (non-hydrogen) atoms. The van der Waals surface area contributed by atoms with Crippen molar-refractivity contribution in [1.82, 2.24) is 15.0 Å². The highest BCUT2D eigenvalue weighted by Crippen LogP contribution is 2.36. The molecule has 0 aliphatic rings. The number of hydrogen-bond acceptors (Lipinski definition) is 18. The number of nitrogens with one attached hydrogen (secondary N) is 3. The van der Waals surface area contributed by atoms with Crippen LogP contribution >= 0.6 is 0 Å². The zero-order valence-corrected chi connectivity index (χ0v) is 33.7. The number of carbonyl (C=O) groups excluding carboxylic acids is 1. The van der Waals surface area contributed by atoms with E-state index in [4.69, 9.17) is 10.3 Å². The Morgan fingerprint density at radius 3 is 1.92 bits per heavy atom. The Labute approximate surface area is 345 Å². The number of nitrogens with zero attached hydrogens (tertiary/aromatic N) is 5. The number of benzene rings is 5. The summed E-state index contributed by atoms with van der Waals surface area (Å²) in [6.07, 6.45) is -1.24. The van der Waals surface area contributed by atoms with Crippen LogP contribution in [0, 0.1) is 6.08 Å². The fourth-order valence-corrected chi connectivity index (χ4v) is 7.93. The zero-order chi connectivity index (χ0) is 44.3. The Bertz CT molecular complexity index is 3180. The fraction of sp³-hybridized carbons (Fsp3) is 0.0588. The van der Waals surface area contributed by atoms with Crippen molar-refractivity contribution < 1.29 is 60.7 Å². The van der Waals surface area contributed by atoms with Crippen molar-refractivity contribution in [2.75, 3.05) is 34.0 Å². The minimum atomic E-state index is -4.87. The number of azo groups is 1. The summed E-state index contributed by atoms with van der Waals surface area (Å²) in [7, 11) is -18.2. The summed E-state index contributed by atoms with van der Waals surface area (Å²) in [6.45, 7) is -0.807. The van der Waals surface area contributed by atoms with Crippen molar-refractivity contribution in [2.45, 2.75) is 14.7 Å². The molecule has 0 bridgehead atoms. The van der Waals surface area contributed by atoms with E-state index in [0.717, 1.165) is 24.3 Å². The Hall–Kier alpha value is -6.59. The number of nitrogen functional groups attached to an aromatic ring is 1. The average molecular weight is 918 g/mol. The van der Waals surface area contributed by atoms with Gasteiger partial charge in [0, 0.05) is 28.0 Å². The number of fused-ring (bicyclic) bond motifs is 1. The molecule has 22 nitrogen and oxygen atoms in total. The summed E-state index contributed by atoms with van der Waals surface area (Å²) in [5, 5.41) is 16.6. The molecule has 0 unspecified atom stereocenters. The van der Waals surface area contributed by atoms with Gasteiger partial charge in [-0.15, -0.1) is 10.2 Å². The van der Waals surface area contributed by atoms with Gasteiger partial charge in [0.15, 0.2) is 9.84 Å². The second-order valence-electron chi connectivity index (χ2n) is 12.3. The van der Waals surface area contributed by atoms with E-state index in [1.165, 1.54) is 72.8 Å². The van der Waals surface area contributed by atoms with Crippen LogP contribution in [0.25, 0.3) is 10.8 Å². The molecule has 318 valence electrons. The number of halogens is 1. The lowest BCUT2D eigenvalue weighted by atomic mass is 10.1. The van der Waals surface area contributed by atoms with E-state index in [1.54, 1.807) is 0 Å². The molecule has 0 spiro atoms. The number of hydrogen-bond donors (Lipinski definition) is 7. The third-order valence-electron chi connectivity index (χ3n) is 8.11. The van der Waals surface area contributed by atoms with Crippen molar-refractivity contribution in [3.8, 4) is 0 Å². The van der Waals surface area contributed by atoms with E-state index in [1.807, 2.05) is 0 Å². The smallest absolute Gasteiger partial charge is 0.397 e. The van der Waals surface area contributed by atoms with Crippen molar-refractivity contribution in [3.63, 3.8) is 0 Å².